The molecule has 0 saturated carbocycles. The molecule has 0 aliphatic heterocycles. The number of allylic oxidation sites excluding steroid dienone is 1. The normalized spacial score (nSPS) is 8.96. The van der Waals surface area contributed by atoms with Gasteiger partial charge < -0.3 is 22.1 Å². The summed E-state index contributed by atoms with van der Waals surface area (Å²) in [4.78, 5) is 52.4. The number of rotatable bonds is 7. The van der Waals surface area contributed by atoms with Crippen LogP contribution in [0.5, 0.6) is 0 Å². The smallest absolute Gasteiger partial charge is 0.373 e. The molecule has 0 aliphatic rings. The first-order valence-corrected chi connectivity index (χ1v) is 6.65. The average Bonchev–Trinajstić information content (AvgIpc) is 2.47. The van der Waals surface area contributed by atoms with Crippen molar-refractivity contribution in [2.24, 2.45) is 5.73 Å². The lowest BCUT2D eigenvalue weighted by Crippen LogP contribution is -2.29. The molecular weight excluding hydrogens is 324 g/mol. The number of unbranched alkanes of at least 4 members (excludes halogenated alkanes) is 2. The van der Waals surface area contributed by atoms with Crippen molar-refractivity contribution in [3.8, 4) is 0 Å². The molecule has 0 aliphatic carbocycles. The van der Waals surface area contributed by atoms with Gasteiger partial charge in [-0.25, -0.2) is 4.79 Å². The van der Waals surface area contributed by atoms with E-state index < -0.39 is 18.0 Å². The van der Waals surface area contributed by atoms with Crippen LogP contribution < -0.4 is 11.9 Å². The fourth-order valence-electron chi connectivity index (χ4n) is 0.898. The van der Waals surface area contributed by atoms with Gasteiger partial charge in [0.15, 0.2) is 0 Å². The van der Waals surface area contributed by atoms with Gasteiger partial charge in [0.2, 0.25) is 0 Å². The van der Waals surface area contributed by atoms with E-state index in [1.54, 1.807) is 6.08 Å². The van der Waals surface area contributed by atoms with E-state index in [0.29, 0.717) is 6.42 Å². The minimum Gasteiger partial charge on any atom is -0.480 e. The molecule has 0 bridgehead atoms. The molecule has 24 heavy (non-hydrogen) atoms. The Bertz CT molecular complexity index is 372. The second kappa shape index (κ2) is 32.3. The molecule has 0 fully saturated rings. The molecule has 1 atom stereocenters. The third kappa shape index (κ3) is 60.8. The van der Waals surface area contributed by atoms with Gasteiger partial charge in [-0.05, 0) is 12.8 Å². The Morgan fingerprint density at radius 3 is 1.71 bits per heavy atom. The average molecular weight is 350 g/mol. The summed E-state index contributed by atoms with van der Waals surface area (Å²) < 4.78 is 0. The van der Waals surface area contributed by atoms with Crippen LogP contribution in [0.25, 0.3) is 0 Å². The molecule has 10 heteroatoms. The van der Waals surface area contributed by atoms with Crippen LogP contribution in [-0.4, -0.2) is 40.5 Å². The summed E-state index contributed by atoms with van der Waals surface area (Å²) in [5.74, 6) is -1.76. The van der Waals surface area contributed by atoms with Gasteiger partial charge >= 0.3 is 24.2 Å². The number of carbonyl (C=O) groups is 2. The molecule has 0 spiro atoms. The lowest BCUT2D eigenvalue weighted by atomic mass is 10.1. The Morgan fingerprint density at radius 1 is 1.04 bits per heavy atom. The third-order valence-electron chi connectivity index (χ3n) is 1.90. The zero-order chi connectivity index (χ0) is 19.1. The Hall–Kier alpha value is -2.64. The van der Waals surface area contributed by atoms with Gasteiger partial charge in [0.25, 0.3) is 0 Å². The van der Waals surface area contributed by atoms with E-state index in [-0.39, 0.29) is 18.5 Å². The highest BCUT2D eigenvalue weighted by Gasteiger charge is 2.08. The van der Waals surface area contributed by atoms with E-state index in [9.17, 15) is 9.59 Å². The summed E-state index contributed by atoms with van der Waals surface area (Å²) in [5.41, 5.74) is 5.20. The monoisotopic (exact) mass is 350 g/mol. The van der Waals surface area contributed by atoms with Gasteiger partial charge in [0.1, 0.15) is 6.04 Å². The van der Waals surface area contributed by atoms with Crippen LogP contribution in [0.2, 0.25) is 0 Å². The second-order valence-electron chi connectivity index (χ2n) is 3.78. The van der Waals surface area contributed by atoms with Gasteiger partial charge in [-0.15, -0.1) is 0 Å². The first-order chi connectivity index (χ1) is 10.8. The van der Waals surface area contributed by atoms with Crippen molar-refractivity contribution in [3.05, 3.63) is 12.2 Å². The molecule has 0 aromatic carbocycles. The molecule has 0 heterocycles. The van der Waals surface area contributed by atoms with E-state index in [1.165, 1.54) is 6.08 Å². The standard InChI is InChI=1S/C6H13NO2.C6H10O2.2CO2.H3N/c1-2-3-4-5(7)6(8)9;1-2-3-4-5-6(7)8;2*2-1-3;/h5H,2-4,7H2,1H3,(H,8,9);4-5H,2-3H2,1H3,(H,7,8);;;1H3/b;5-4+;;;. The number of aliphatic carboxylic acids is 2. The van der Waals surface area contributed by atoms with Crippen molar-refractivity contribution in [2.45, 2.75) is 52.0 Å². The summed E-state index contributed by atoms with van der Waals surface area (Å²) in [7, 11) is 0. The number of hydrogen-bond donors (Lipinski definition) is 4. The van der Waals surface area contributed by atoms with Crippen molar-refractivity contribution < 1.29 is 39.0 Å². The fraction of sp³-hybridized carbons (Fsp3) is 0.571. The molecule has 0 rings (SSSR count). The summed E-state index contributed by atoms with van der Waals surface area (Å²) in [6.07, 6.45) is 7.67. The molecule has 7 N–H and O–H groups in total. The van der Waals surface area contributed by atoms with Crippen LogP contribution in [0.4, 0.5) is 0 Å². The summed E-state index contributed by atoms with van der Waals surface area (Å²) in [5, 5.41) is 16.3. The van der Waals surface area contributed by atoms with Gasteiger partial charge in [-0.1, -0.05) is 39.2 Å². The minimum absolute atomic E-state index is 0. The Morgan fingerprint density at radius 2 is 1.46 bits per heavy atom. The maximum absolute atomic E-state index is 10.1. The SMILES string of the molecule is CCC/C=C/C(=O)O.CCCCC(N)C(=O)O.N.O=C=O.O=C=O. The van der Waals surface area contributed by atoms with E-state index >= 15 is 0 Å². The zero-order valence-electron chi connectivity index (χ0n) is 13.9. The summed E-state index contributed by atoms with van der Waals surface area (Å²) in [6.45, 7) is 4.01. The maximum atomic E-state index is 10.1. The second-order valence-corrected chi connectivity index (χ2v) is 3.78. The Balaban J connectivity index is -0.0000000735. The Labute approximate surface area is 140 Å². The largest absolute Gasteiger partial charge is 0.480 e. The van der Waals surface area contributed by atoms with Gasteiger partial charge in [0, 0.05) is 6.08 Å². The predicted molar refractivity (Wildman–Crippen MR) is 81.9 cm³/mol. The fourth-order valence-corrected chi connectivity index (χ4v) is 0.898. The lowest BCUT2D eigenvalue weighted by molar-refractivity contribution is -0.193. The molecule has 10 nitrogen and oxygen atoms in total. The molecule has 0 amide bonds. The topological polar surface area (TPSA) is 204 Å². The first-order valence-electron chi connectivity index (χ1n) is 6.65. The van der Waals surface area contributed by atoms with Crippen molar-refractivity contribution in [1.29, 1.82) is 0 Å². The van der Waals surface area contributed by atoms with Crippen LogP contribution in [0.15, 0.2) is 12.2 Å². The lowest BCUT2D eigenvalue weighted by Gasteiger charge is -2.02. The molecule has 0 aromatic heterocycles. The molecule has 140 valence electrons. The van der Waals surface area contributed by atoms with Crippen molar-refractivity contribution >= 4 is 24.2 Å². The van der Waals surface area contributed by atoms with Crippen LogP contribution in [0.3, 0.4) is 0 Å². The number of hydrogen-bond acceptors (Lipinski definition) is 8. The quantitative estimate of drug-likeness (QED) is 0.479. The molecule has 1 unspecified atom stereocenters. The van der Waals surface area contributed by atoms with Crippen LogP contribution in [-0.2, 0) is 28.8 Å². The molecule has 0 saturated heterocycles. The van der Waals surface area contributed by atoms with E-state index in [0.717, 1.165) is 25.7 Å². The van der Waals surface area contributed by atoms with Crippen LogP contribution >= 0.6 is 0 Å². The van der Waals surface area contributed by atoms with Crippen molar-refractivity contribution in [2.75, 3.05) is 0 Å². The maximum Gasteiger partial charge on any atom is 0.373 e. The van der Waals surface area contributed by atoms with E-state index in [4.69, 9.17) is 35.1 Å². The zero-order valence-corrected chi connectivity index (χ0v) is 13.9. The number of carboxylic acids is 2. The number of carboxylic acid groups (broad SMARTS) is 2. The predicted octanol–water partition coefficient (Wildman–Crippen LogP) is 1.01. The van der Waals surface area contributed by atoms with Gasteiger partial charge in [0.05, 0.1) is 0 Å². The highest BCUT2D eigenvalue weighted by atomic mass is 16.4. The highest BCUT2D eigenvalue weighted by molar-refractivity contribution is 5.79. The third-order valence-corrected chi connectivity index (χ3v) is 1.90. The molecule has 0 aromatic rings. The molecular formula is C14H26N2O8. The summed E-state index contributed by atoms with van der Waals surface area (Å²) in [6, 6.07) is -0.662. The number of nitrogens with two attached hydrogens (primary N) is 1. The van der Waals surface area contributed by atoms with Gasteiger partial charge in [-0.3, -0.25) is 4.79 Å². The van der Waals surface area contributed by atoms with Crippen molar-refractivity contribution in [3.63, 3.8) is 0 Å². The van der Waals surface area contributed by atoms with Gasteiger partial charge in [-0.2, -0.15) is 19.2 Å². The van der Waals surface area contributed by atoms with Crippen LogP contribution in [0, 0.1) is 0 Å². The molecule has 0 radical (unpaired) electrons. The Kier molecular flexibility index (Phi) is 44.6. The van der Waals surface area contributed by atoms with E-state index in [2.05, 4.69) is 0 Å². The van der Waals surface area contributed by atoms with Crippen molar-refractivity contribution in [1.82, 2.24) is 6.15 Å². The van der Waals surface area contributed by atoms with Crippen LogP contribution in [0.1, 0.15) is 46.0 Å². The minimum atomic E-state index is -0.900. The highest BCUT2D eigenvalue weighted by Crippen LogP contribution is 1.97. The van der Waals surface area contributed by atoms with E-state index in [1.807, 2.05) is 13.8 Å². The first kappa shape index (κ1) is 33.1. The number of carbonyl (C=O) groups excluding carboxylic acids is 4. The summed E-state index contributed by atoms with van der Waals surface area (Å²) >= 11 is 0.